The van der Waals surface area contributed by atoms with Gasteiger partial charge in [0.15, 0.2) is 6.79 Å². The third-order valence-corrected chi connectivity index (χ3v) is 7.06. The number of aromatic nitrogens is 5. The Kier molecular flexibility index (Phi) is 7.65. The Morgan fingerprint density at radius 2 is 1.89 bits per heavy atom. The van der Waals surface area contributed by atoms with E-state index in [1.54, 1.807) is 13.3 Å². The third kappa shape index (κ3) is 6.31. The molecule has 0 bridgehead atoms. The zero-order valence-electron chi connectivity index (χ0n) is 23.0. The first kappa shape index (κ1) is 26.5. The van der Waals surface area contributed by atoms with E-state index >= 15 is 0 Å². The molecule has 2 aliphatic heterocycles. The molecule has 38 heavy (non-hydrogen) atoms. The SMILES string of the molecule is COCOc1cc(-c2cnn(C3CCCCO3)c2)ccc1-c1cnc(NC2CC(C)(C)NC(C)(C)C2)nn1. The van der Waals surface area contributed by atoms with Gasteiger partial charge in [0.05, 0.1) is 12.4 Å². The maximum absolute atomic E-state index is 5.93. The Morgan fingerprint density at radius 1 is 1.08 bits per heavy atom. The fourth-order valence-corrected chi connectivity index (χ4v) is 5.80. The van der Waals surface area contributed by atoms with Gasteiger partial charge in [-0.15, -0.1) is 10.2 Å². The molecule has 0 radical (unpaired) electrons. The first-order chi connectivity index (χ1) is 18.2. The molecule has 4 heterocycles. The van der Waals surface area contributed by atoms with E-state index in [-0.39, 0.29) is 30.1 Å². The summed E-state index contributed by atoms with van der Waals surface area (Å²) in [5.41, 5.74) is 3.46. The number of rotatable bonds is 8. The van der Waals surface area contributed by atoms with E-state index < -0.39 is 0 Å². The van der Waals surface area contributed by atoms with Crippen LogP contribution in [0.2, 0.25) is 0 Å². The van der Waals surface area contributed by atoms with Gasteiger partial charge in [-0.1, -0.05) is 6.07 Å². The molecule has 10 nitrogen and oxygen atoms in total. The smallest absolute Gasteiger partial charge is 0.242 e. The van der Waals surface area contributed by atoms with Gasteiger partial charge in [0, 0.05) is 48.2 Å². The number of benzene rings is 1. The Labute approximate surface area is 224 Å². The second-order valence-electron chi connectivity index (χ2n) is 11.6. The highest BCUT2D eigenvalue weighted by molar-refractivity contribution is 5.73. The van der Waals surface area contributed by atoms with Gasteiger partial charge in [-0.3, -0.25) is 0 Å². The average Bonchev–Trinajstić information content (AvgIpc) is 3.37. The van der Waals surface area contributed by atoms with Crippen LogP contribution in [-0.2, 0) is 9.47 Å². The molecule has 10 heteroatoms. The van der Waals surface area contributed by atoms with Crippen molar-refractivity contribution in [3.05, 3.63) is 36.8 Å². The lowest BCUT2D eigenvalue weighted by Gasteiger charge is -2.46. The fourth-order valence-electron chi connectivity index (χ4n) is 5.80. The minimum atomic E-state index is -0.00326. The van der Waals surface area contributed by atoms with Gasteiger partial charge in [-0.05, 0) is 77.5 Å². The molecule has 204 valence electrons. The van der Waals surface area contributed by atoms with Crippen molar-refractivity contribution in [1.29, 1.82) is 0 Å². The molecule has 2 aromatic heterocycles. The van der Waals surface area contributed by atoms with Crippen molar-refractivity contribution in [2.75, 3.05) is 25.8 Å². The van der Waals surface area contributed by atoms with Crippen LogP contribution in [0.1, 0.15) is 66.0 Å². The molecule has 0 saturated carbocycles. The fraction of sp³-hybridized carbons (Fsp3) is 0.571. The molecule has 2 aliphatic rings. The van der Waals surface area contributed by atoms with Crippen LogP contribution < -0.4 is 15.4 Å². The summed E-state index contributed by atoms with van der Waals surface area (Å²) in [4.78, 5) is 4.58. The van der Waals surface area contributed by atoms with Crippen LogP contribution in [-0.4, -0.2) is 62.6 Å². The molecule has 2 fully saturated rings. The van der Waals surface area contributed by atoms with E-state index in [4.69, 9.17) is 14.2 Å². The van der Waals surface area contributed by atoms with Gasteiger partial charge in [0.1, 0.15) is 17.7 Å². The quantitative estimate of drug-likeness (QED) is 0.404. The zero-order chi connectivity index (χ0) is 26.8. The predicted octanol–water partition coefficient (Wildman–Crippen LogP) is 4.81. The Balaban J connectivity index is 1.34. The molecule has 0 amide bonds. The second kappa shape index (κ2) is 11.0. The normalized spacial score (nSPS) is 21.2. The third-order valence-electron chi connectivity index (χ3n) is 7.06. The number of hydrogen-bond acceptors (Lipinski definition) is 9. The number of piperidine rings is 1. The van der Waals surface area contributed by atoms with Crippen molar-refractivity contribution in [3.8, 4) is 28.1 Å². The van der Waals surface area contributed by atoms with Crippen LogP contribution in [0.25, 0.3) is 22.4 Å². The molecule has 5 rings (SSSR count). The summed E-state index contributed by atoms with van der Waals surface area (Å²) in [6.07, 6.45) is 10.8. The summed E-state index contributed by atoms with van der Waals surface area (Å²) in [6.45, 7) is 9.80. The Morgan fingerprint density at radius 3 is 2.58 bits per heavy atom. The summed E-state index contributed by atoms with van der Waals surface area (Å²) in [6, 6.07) is 6.25. The van der Waals surface area contributed by atoms with Crippen molar-refractivity contribution in [3.63, 3.8) is 0 Å². The van der Waals surface area contributed by atoms with Crippen LogP contribution in [0.4, 0.5) is 5.95 Å². The van der Waals surface area contributed by atoms with Gasteiger partial charge < -0.3 is 24.8 Å². The van der Waals surface area contributed by atoms with E-state index in [0.717, 1.165) is 55.4 Å². The van der Waals surface area contributed by atoms with Crippen LogP contribution in [0, 0.1) is 0 Å². The zero-order valence-corrected chi connectivity index (χ0v) is 23.0. The van der Waals surface area contributed by atoms with E-state index in [2.05, 4.69) is 58.6 Å². The molecular weight excluding hydrogens is 482 g/mol. The summed E-state index contributed by atoms with van der Waals surface area (Å²) in [5.74, 6) is 1.17. The number of methoxy groups -OCH3 is 1. The summed E-state index contributed by atoms with van der Waals surface area (Å²) < 4.78 is 18.9. The molecule has 2 N–H and O–H groups in total. The number of anilines is 1. The minimum absolute atomic E-state index is 0.00326. The highest BCUT2D eigenvalue weighted by Crippen LogP contribution is 2.34. The lowest BCUT2D eigenvalue weighted by atomic mass is 9.80. The van der Waals surface area contributed by atoms with E-state index in [1.165, 1.54) is 0 Å². The first-order valence-corrected chi connectivity index (χ1v) is 13.4. The standard InChI is InChI=1S/C28H39N7O3/c1-27(2)13-21(14-28(3,4)34-27)31-26-29-16-23(32-33-26)22-10-9-19(12-24(22)38-18-36-5)20-15-30-35(17-20)25-8-6-7-11-37-25/h9-10,12,15-17,21,25,34H,6-8,11,13-14,18H2,1-5H3,(H,29,31,33). The monoisotopic (exact) mass is 521 g/mol. The number of nitrogens with one attached hydrogen (secondary N) is 2. The molecular formula is C28H39N7O3. The van der Waals surface area contributed by atoms with Crippen molar-refractivity contribution in [1.82, 2.24) is 30.3 Å². The predicted molar refractivity (Wildman–Crippen MR) is 146 cm³/mol. The summed E-state index contributed by atoms with van der Waals surface area (Å²) in [5, 5.41) is 20.6. The summed E-state index contributed by atoms with van der Waals surface area (Å²) >= 11 is 0. The summed E-state index contributed by atoms with van der Waals surface area (Å²) in [7, 11) is 1.60. The van der Waals surface area contributed by atoms with Gasteiger partial charge in [-0.2, -0.15) is 5.10 Å². The van der Waals surface area contributed by atoms with Crippen molar-refractivity contribution in [2.45, 2.75) is 83.1 Å². The maximum atomic E-state index is 5.93. The van der Waals surface area contributed by atoms with Gasteiger partial charge in [0.2, 0.25) is 5.95 Å². The largest absolute Gasteiger partial charge is 0.467 e. The van der Waals surface area contributed by atoms with E-state index in [0.29, 0.717) is 17.4 Å². The Hall–Kier alpha value is -3.08. The molecule has 1 unspecified atom stereocenters. The lowest BCUT2D eigenvalue weighted by molar-refractivity contribution is -0.0394. The molecule has 1 aromatic carbocycles. The van der Waals surface area contributed by atoms with Crippen LogP contribution in [0.5, 0.6) is 5.75 Å². The van der Waals surface area contributed by atoms with E-state index in [1.807, 2.05) is 35.3 Å². The number of ether oxygens (including phenoxy) is 3. The van der Waals surface area contributed by atoms with Gasteiger partial charge in [0.25, 0.3) is 0 Å². The van der Waals surface area contributed by atoms with Crippen LogP contribution >= 0.6 is 0 Å². The van der Waals surface area contributed by atoms with Crippen LogP contribution in [0.3, 0.4) is 0 Å². The highest BCUT2D eigenvalue weighted by atomic mass is 16.7. The Bertz CT molecular complexity index is 1200. The topological polar surface area (TPSA) is 108 Å². The van der Waals surface area contributed by atoms with Crippen molar-refractivity contribution in [2.24, 2.45) is 0 Å². The lowest BCUT2D eigenvalue weighted by Crippen LogP contribution is -2.60. The average molecular weight is 522 g/mol. The molecule has 1 atom stereocenters. The van der Waals surface area contributed by atoms with Gasteiger partial charge in [-0.25, -0.2) is 9.67 Å². The van der Waals surface area contributed by atoms with Crippen molar-refractivity contribution >= 4 is 5.95 Å². The first-order valence-electron chi connectivity index (χ1n) is 13.4. The molecule has 0 spiro atoms. The highest BCUT2D eigenvalue weighted by Gasteiger charge is 2.37. The second-order valence-corrected chi connectivity index (χ2v) is 11.6. The molecule has 3 aromatic rings. The minimum Gasteiger partial charge on any atom is -0.467 e. The van der Waals surface area contributed by atoms with E-state index in [9.17, 15) is 0 Å². The van der Waals surface area contributed by atoms with Crippen molar-refractivity contribution < 1.29 is 14.2 Å². The molecule has 2 saturated heterocycles. The number of hydrogen-bond donors (Lipinski definition) is 2. The molecule has 0 aliphatic carbocycles. The maximum Gasteiger partial charge on any atom is 0.242 e. The van der Waals surface area contributed by atoms with Crippen LogP contribution in [0.15, 0.2) is 36.8 Å². The number of nitrogens with zero attached hydrogens (tertiary/aromatic N) is 5. The van der Waals surface area contributed by atoms with Gasteiger partial charge >= 0.3 is 0 Å².